The van der Waals surface area contributed by atoms with Crippen LogP contribution in [0.1, 0.15) is 168 Å². The van der Waals surface area contributed by atoms with Crippen LogP contribution in [-0.4, -0.2) is 42.8 Å². The highest BCUT2D eigenvalue weighted by Crippen LogP contribution is 2.54. The normalized spacial score (nSPS) is 15.0. The maximum atomic E-state index is 14.0. The molecule has 0 saturated heterocycles. The Morgan fingerprint density at radius 3 is 2.00 bits per heavy atom. The van der Waals surface area contributed by atoms with Crippen molar-refractivity contribution in [3.63, 3.8) is 0 Å². The van der Waals surface area contributed by atoms with Crippen LogP contribution in [0.5, 0.6) is 5.75 Å². The lowest BCUT2D eigenvalue weighted by Gasteiger charge is -2.33. The van der Waals surface area contributed by atoms with Gasteiger partial charge in [-0.05, 0) is 77.4 Å². The first kappa shape index (κ1) is 41.9. The van der Waals surface area contributed by atoms with Crippen molar-refractivity contribution in [1.29, 1.82) is 0 Å². The largest absolute Gasteiger partial charge is 0.493 e. The van der Waals surface area contributed by atoms with Crippen molar-refractivity contribution in [1.82, 2.24) is 4.57 Å². The van der Waals surface area contributed by atoms with Crippen LogP contribution in [0.2, 0.25) is 0 Å². The predicted octanol–water partition coefficient (Wildman–Crippen LogP) is 12.3. The lowest BCUT2D eigenvalue weighted by Crippen LogP contribution is -2.32. The molecule has 3 aromatic carbocycles. The molecule has 0 N–H and O–H groups in total. The minimum Gasteiger partial charge on any atom is -0.493 e. The van der Waals surface area contributed by atoms with E-state index in [1.165, 1.54) is 70.6 Å². The summed E-state index contributed by atoms with van der Waals surface area (Å²) in [6.45, 7) is 16.0. The minimum absolute atomic E-state index is 0.374. The van der Waals surface area contributed by atoms with Crippen LogP contribution >= 0.6 is 0 Å². The number of ether oxygens (including phenoxy) is 3. The zero-order valence-electron chi connectivity index (χ0n) is 34.6. The summed E-state index contributed by atoms with van der Waals surface area (Å²) in [5.41, 5.74) is 4.79. The third kappa shape index (κ3) is 9.41. The summed E-state index contributed by atoms with van der Waals surface area (Å²) in [5.74, 6) is -0.174. The Hall–Kier alpha value is -4.26. The van der Waals surface area contributed by atoms with Crippen LogP contribution in [0.15, 0.2) is 60.7 Å². The van der Waals surface area contributed by atoms with Gasteiger partial charge in [-0.15, -0.1) is 0 Å². The molecule has 1 atom stereocenters. The summed E-state index contributed by atoms with van der Waals surface area (Å²) in [4.78, 5) is 29.9. The quantitative estimate of drug-likeness (QED) is 0.0525. The number of fused-ring (bicyclic) bond motifs is 2. The molecule has 0 aliphatic carbocycles. The molecule has 0 radical (unpaired) electrons. The molecule has 0 fully saturated rings. The number of cyclic esters (lactones) is 1. The Kier molecular flexibility index (Phi) is 15.7. The minimum atomic E-state index is -1.37. The molecule has 7 nitrogen and oxygen atoms in total. The topological polar surface area (TPSA) is 70.0 Å². The van der Waals surface area contributed by atoms with Crippen LogP contribution in [0, 0.1) is 6.92 Å². The fourth-order valence-corrected chi connectivity index (χ4v) is 8.60. The van der Waals surface area contributed by atoms with Gasteiger partial charge in [0.2, 0.25) is 0 Å². The lowest BCUT2D eigenvalue weighted by molar-refractivity contribution is 0.0246. The molecule has 0 saturated carbocycles. The van der Waals surface area contributed by atoms with E-state index in [1.807, 2.05) is 31.2 Å². The lowest BCUT2D eigenvalue weighted by atomic mass is 9.77. The van der Waals surface area contributed by atoms with Crippen molar-refractivity contribution in [3.8, 4) is 5.75 Å². The average Bonchev–Trinajstić information content (AvgIpc) is 3.66. The monoisotopic (exact) mass is 750 g/mol. The molecule has 1 unspecified atom stereocenters. The molecule has 0 spiro atoms. The van der Waals surface area contributed by atoms with Gasteiger partial charge in [-0.2, -0.15) is 0 Å². The number of aromatic nitrogens is 1. The molecule has 4 aromatic rings. The van der Waals surface area contributed by atoms with Crippen molar-refractivity contribution < 1.29 is 23.8 Å². The number of para-hydroxylation sites is 1. The third-order valence-electron chi connectivity index (χ3n) is 11.5. The van der Waals surface area contributed by atoms with Gasteiger partial charge in [0, 0.05) is 64.7 Å². The molecule has 1 aromatic heterocycles. The fraction of sp³-hybridized carbons (Fsp3) is 0.542. The van der Waals surface area contributed by atoms with Gasteiger partial charge in [0.15, 0.2) is 5.60 Å². The number of carbonyl (C=O) groups is 2. The summed E-state index contributed by atoms with van der Waals surface area (Å²) < 4.78 is 21.2. The van der Waals surface area contributed by atoms with Gasteiger partial charge in [-0.3, -0.25) is 0 Å². The molecule has 298 valence electrons. The molecule has 0 amide bonds. The average molecular weight is 751 g/mol. The number of esters is 2. The number of benzene rings is 3. The Morgan fingerprint density at radius 1 is 0.745 bits per heavy atom. The Morgan fingerprint density at radius 2 is 1.38 bits per heavy atom. The zero-order valence-corrected chi connectivity index (χ0v) is 34.6. The summed E-state index contributed by atoms with van der Waals surface area (Å²) in [6.07, 6.45) is 17.8. The van der Waals surface area contributed by atoms with Crippen LogP contribution in [0.25, 0.3) is 10.9 Å². The molecular weight excluding hydrogens is 685 g/mol. The summed E-state index contributed by atoms with van der Waals surface area (Å²) in [7, 11) is 0. The van der Waals surface area contributed by atoms with E-state index in [-0.39, 0.29) is 5.97 Å². The Bertz CT molecular complexity index is 1860. The highest BCUT2D eigenvalue weighted by atomic mass is 16.6. The fourth-order valence-electron chi connectivity index (χ4n) is 8.60. The van der Waals surface area contributed by atoms with E-state index >= 15 is 0 Å². The maximum absolute atomic E-state index is 14.0. The van der Waals surface area contributed by atoms with Crippen LogP contribution < -0.4 is 9.64 Å². The third-order valence-corrected chi connectivity index (χ3v) is 11.5. The van der Waals surface area contributed by atoms with Gasteiger partial charge in [0.1, 0.15) is 5.75 Å². The Balaban J connectivity index is 1.37. The second-order valence-electron chi connectivity index (χ2n) is 15.1. The number of unbranched alkanes of at least 4 members (excludes halogenated alkanes) is 13. The van der Waals surface area contributed by atoms with E-state index in [0.29, 0.717) is 35.7 Å². The van der Waals surface area contributed by atoms with Crippen molar-refractivity contribution >= 4 is 28.5 Å². The van der Waals surface area contributed by atoms with Gasteiger partial charge in [0.05, 0.1) is 24.3 Å². The molecule has 1 aliphatic rings. The predicted molar refractivity (Wildman–Crippen MR) is 226 cm³/mol. The van der Waals surface area contributed by atoms with Gasteiger partial charge in [0.25, 0.3) is 0 Å². The maximum Gasteiger partial charge on any atom is 0.340 e. The molecule has 1 aliphatic heterocycles. The number of anilines is 1. The second kappa shape index (κ2) is 20.6. The van der Waals surface area contributed by atoms with Crippen molar-refractivity contribution in [3.05, 3.63) is 94.2 Å². The zero-order chi connectivity index (χ0) is 39.2. The molecular formula is C48H66N2O5. The molecule has 5 rings (SSSR count). The summed E-state index contributed by atoms with van der Waals surface area (Å²) >= 11 is 0. The molecule has 7 heteroatoms. The SMILES string of the molecule is CCCCCCCCCCCCCCCCOC(=O)c1ccc2c(c1)C(c1ccc(N(CC)CC)cc1OCC)(c1c(C)n(CC)c3ccccc13)OC2=O. The van der Waals surface area contributed by atoms with Gasteiger partial charge in [-0.1, -0.05) is 109 Å². The summed E-state index contributed by atoms with van der Waals surface area (Å²) in [5, 5.41) is 0.989. The van der Waals surface area contributed by atoms with Gasteiger partial charge in [-0.25, -0.2) is 9.59 Å². The summed E-state index contributed by atoms with van der Waals surface area (Å²) in [6, 6.07) is 19.7. The van der Waals surface area contributed by atoms with Gasteiger partial charge >= 0.3 is 11.9 Å². The second-order valence-corrected chi connectivity index (χ2v) is 15.1. The first-order chi connectivity index (χ1) is 26.9. The smallest absolute Gasteiger partial charge is 0.340 e. The standard InChI is InChI=1S/C48H66N2O5/c1-7-12-13-14-15-16-17-18-19-20-21-22-23-26-33-54-46(51)37-29-31-39-42(34-37)48(55-47(39)52,45-36(6)50(10-4)43-28-25-24-27-40(43)45)41-32-30-38(49(8-2)9-3)35-44(41)53-11-5/h24-25,27-32,34-35H,7-23,26,33H2,1-6H3. The number of rotatable bonds is 24. The molecule has 2 heterocycles. The van der Waals surface area contributed by atoms with E-state index in [1.54, 1.807) is 12.1 Å². The molecule has 0 bridgehead atoms. The van der Waals surface area contributed by atoms with E-state index < -0.39 is 11.6 Å². The van der Waals surface area contributed by atoms with E-state index in [4.69, 9.17) is 14.2 Å². The van der Waals surface area contributed by atoms with Crippen molar-refractivity contribution in [2.24, 2.45) is 0 Å². The van der Waals surface area contributed by atoms with E-state index in [2.05, 4.69) is 68.4 Å². The highest BCUT2D eigenvalue weighted by molar-refractivity contribution is 6.01. The van der Waals surface area contributed by atoms with Gasteiger partial charge < -0.3 is 23.7 Å². The van der Waals surface area contributed by atoms with Crippen LogP contribution in [0.4, 0.5) is 5.69 Å². The first-order valence-electron chi connectivity index (χ1n) is 21.5. The highest BCUT2D eigenvalue weighted by Gasteiger charge is 2.53. The first-order valence-corrected chi connectivity index (χ1v) is 21.5. The van der Waals surface area contributed by atoms with E-state index in [9.17, 15) is 9.59 Å². The molecule has 55 heavy (non-hydrogen) atoms. The number of carbonyl (C=O) groups excluding carboxylic acids is 2. The van der Waals surface area contributed by atoms with Crippen LogP contribution in [-0.2, 0) is 21.6 Å². The van der Waals surface area contributed by atoms with E-state index in [0.717, 1.165) is 72.3 Å². The van der Waals surface area contributed by atoms with Crippen molar-refractivity contribution in [2.75, 3.05) is 31.2 Å². The van der Waals surface area contributed by atoms with Crippen LogP contribution in [0.3, 0.4) is 0 Å². The number of nitrogens with zero attached hydrogens (tertiary/aromatic N) is 2. The van der Waals surface area contributed by atoms with Crippen molar-refractivity contribution in [2.45, 2.75) is 144 Å². The Labute approximate surface area is 330 Å². The number of hydrogen-bond donors (Lipinski definition) is 0. The number of aryl methyl sites for hydroxylation is 1. The number of hydrogen-bond acceptors (Lipinski definition) is 6.